The Balaban J connectivity index is 2.26. The van der Waals surface area contributed by atoms with Crippen LogP contribution in [-0.2, 0) is 4.79 Å². The second-order valence-electron chi connectivity index (χ2n) is 5.20. The van der Waals surface area contributed by atoms with E-state index in [1.165, 1.54) is 26.4 Å². The maximum atomic E-state index is 11.5. The number of nitriles is 1. The van der Waals surface area contributed by atoms with E-state index in [0.717, 1.165) is 5.56 Å². The van der Waals surface area contributed by atoms with Crippen LogP contribution in [0.1, 0.15) is 11.1 Å². The Morgan fingerprint density at radius 3 is 2.19 bits per heavy atom. The van der Waals surface area contributed by atoms with Gasteiger partial charge in [0.2, 0.25) is 0 Å². The first-order valence-electron chi connectivity index (χ1n) is 7.51. The third-order valence-electron chi connectivity index (χ3n) is 3.45. The van der Waals surface area contributed by atoms with Crippen molar-refractivity contribution in [2.24, 2.45) is 0 Å². The van der Waals surface area contributed by atoms with Crippen molar-refractivity contribution in [3.05, 3.63) is 53.6 Å². The molecular formula is C19H14Cl3NO4. The molecule has 2 aromatic carbocycles. The summed E-state index contributed by atoms with van der Waals surface area (Å²) >= 11 is 16.4. The molecule has 0 aliphatic rings. The summed E-state index contributed by atoms with van der Waals surface area (Å²) in [5, 5.41) is 9.49. The first kappa shape index (κ1) is 20.9. The molecule has 0 bridgehead atoms. The van der Waals surface area contributed by atoms with E-state index in [0.29, 0.717) is 22.6 Å². The molecule has 0 saturated heterocycles. The monoisotopic (exact) mass is 425 g/mol. The fraction of sp³-hybridized carbons (Fsp3) is 0.158. The third kappa shape index (κ3) is 5.54. The molecule has 2 aromatic rings. The molecule has 0 aliphatic heterocycles. The smallest absolute Gasteiger partial charge is 0.363 e. The lowest BCUT2D eigenvalue weighted by Crippen LogP contribution is -2.24. The van der Waals surface area contributed by atoms with E-state index in [-0.39, 0.29) is 5.75 Å². The van der Waals surface area contributed by atoms with Crippen molar-refractivity contribution in [1.82, 2.24) is 0 Å². The Bertz CT molecular complexity index is 897. The number of rotatable bonds is 5. The summed E-state index contributed by atoms with van der Waals surface area (Å²) in [6.45, 7) is 0. The molecule has 0 unspecified atom stereocenters. The predicted octanol–water partition coefficient (Wildman–Crippen LogP) is 5.04. The number of esters is 1. The van der Waals surface area contributed by atoms with E-state index in [9.17, 15) is 10.1 Å². The van der Waals surface area contributed by atoms with Crippen molar-refractivity contribution >= 4 is 52.4 Å². The Morgan fingerprint density at radius 1 is 1.04 bits per heavy atom. The Hall–Kier alpha value is -2.39. The highest BCUT2D eigenvalue weighted by molar-refractivity contribution is 6.75. The number of hydrogen-bond donors (Lipinski definition) is 0. The van der Waals surface area contributed by atoms with Crippen molar-refractivity contribution < 1.29 is 19.0 Å². The molecule has 0 N–H and O–H groups in total. The summed E-state index contributed by atoms with van der Waals surface area (Å²) < 4.78 is 13.3. The lowest BCUT2D eigenvalue weighted by molar-refractivity contribution is -0.133. The van der Waals surface area contributed by atoms with Gasteiger partial charge in [0, 0.05) is 0 Å². The normalized spacial score (nSPS) is 11.5. The van der Waals surface area contributed by atoms with Gasteiger partial charge in [-0.05, 0) is 47.5 Å². The van der Waals surface area contributed by atoms with Crippen LogP contribution in [0, 0.1) is 11.3 Å². The van der Waals surface area contributed by atoms with Gasteiger partial charge in [0.15, 0.2) is 11.5 Å². The van der Waals surface area contributed by atoms with Crippen molar-refractivity contribution in [3.8, 4) is 23.3 Å². The fourth-order valence-electron chi connectivity index (χ4n) is 2.15. The fourth-order valence-corrected chi connectivity index (χ4v) is 2.26. The maximum Gasteiger partial charge on any atom is 0.363 e. The molecule has 8 heteroatoms. The highest BCUT2D eigenvalue weighted by Crippen LogP contribution is 2.31. The van der Waals surface area contributed by atoms with Gasteiger partial charge in [0.1, 0.15) is 5.75 Å². The Morgan fingerprint density at radius 2 is 1.67 bits per heavy atom. The van der Waals surface area contributed by atoms with Gasteiger partial charge in [0.05, 0.1) is 25.9 Å². The SMILES string of the molecule is COc1ccc(/C(C#N)=C\c2ccc(OC(=O)C(Cl)(Cl)Cl)cc2)cc1OC. The van der Waals surface area contributed by atoms with Crippen molar-refractivity contribution in [2.45, 2.75) is 3.79 Å². The lowest BCUT2D eigenvalue weighted by atomic mass is 10.0. The molecule has 0 amide bonds. The molecule has 0 atom stereocenters. The van der Waals surface area contributed by atoms with Crippen molar-refractivity contribution in [3.63, 3.8) is 0 Å². The van der Waals surface area contributed by atoms with E-state index < -0.39 is 9.76 Å². The molecule has 0 spiro atoms. The van der Waals surface area contributed by atoms with Gasteiger partial charge in [-0.1, -0.05) is 46.9 Å². The zero-order chi connectivity index (χ0) is 20.0. The number of alkyl halides is 3. The zero-order valence-electron chi connectivity index (χ0n) is 14.3. The summed E-state index contributed by atoms with van der Waals surface area (Å²) in [6.07, 6.45) is 1.68. The second-order valence-corrected chi connectivity index (χ2v) is 7.48. The van der Waals surface area contributed by atoms with Gasteiger partial charge < -0.3 is 14.2 Å². The van der Waals surface area contributed by atoms with Gasteiger partial charge in [0.25, 0.3) is 3.79 Å². The highest BCUT2D eigenvalue weighted by Gasteiger charge is 2.33. The molecule has 27 heavy (non-hydrogen) atoms. The number of carbonyl (C=O) groups is 1. The van der Waals surface area contributed by atoms with Crippen LogP contribution in [0.3, 0.4) is 0 Å². The number of allylic oxidation sites excluding steroid dienone is 1. The minimum absolute atomic E-state index is 0.216. The topological polar surface area (TPSA) is 68.5 Å². The standard InChI is InChI=1S/C19H14Cl3NO4/c1-25-16-8-5-13(10-17(16)26-2)14(11-23)9-12-3-6-15(7-4-12)27-18(24)19(20,21)22/h3-10H,1-2H3/b14-9-. The minimum atomic E-state index is -2.15. The van der Waals surface area contributed by atoms with Gasteiger partial charge in [-0.3, -0.25) is 0 Å². The van der Waals surface area contributed by atoms with E-state index in [1.54, 1.807) is 36.4 Å². The molecule has 0 fully saturated rings. The zero-order valence-corrected chi connectivity index (χ0v) is 16.6. The largest absolute Gasteiger partial charge is 0.493 e. The highest BCUT2D eigenvalue weighted by atomic mass is 35.6. The van der Waals surface area contributed by atoms with E-state index in [2.05, 4.69) is 6.07 Å². The number of nitrogens with zero attached hydrogens (tertiary/aromatic N) is 1. The van der Waals surface area contributed by atoms with Crippen molar-refractivity contribution in [1.29, 1.82) is 5.26 Å². The number of carbonyl (C=O) groups excluding carboxylic acids is 1. The number of methoxy groups -OCH3 is 2. The van der Waals surface area contributed by atoms with E-state index in [1.807, 2.05) is 0 Å². The Kier molecular flexibility index (Phi) is 6.98. The molecule has 0 saturated carbocycles. The van der Waals surface area contributed by atoms with Gasteiger partial charge in [-0.15, -0.1) is 0 Å². The summed E-state index contributed by atoms with van der Waals surface area (Å²) in [5.74, 6) is 0.302. The molecule has 140 valence electrons. The Labute approximate surface area is 171 Å². The molecule has 0 heterocycles. The van der Waals surface area contributed by atoms with Gasteiger partial charge in [-0.25, -0.2) is 4.79 Å². The van der Waals surface area contributed by atoms with Crippen molar-refractivity contribution in [2.75, 3.05) is 14.2 Å². The molecule has 0 aromatic heterocycles. The average molecular weight is 427 g/mol. The van der Waals surface area contributed by atoms with Crippen LogP contribution in [0.5, 0.6) is 17.2 Å². The lowest BCUT2D eigenvalue weighted by Gasteiger charge is -2.10. The van der Waals surface area contributed by atoms with Crippen LogP contribution < -0.4 is 14.2 Å². The number of benzene rings is 2. The number of hydrogen-bond acceptors (Lipinski definition) is 5. The number of ether oxygens (including phenoxy) is 3. The number of halogens is 3. The predicted molar refractivity (Wildman–Crippen MR) is 105 cm³/mol. The molecule has 0 radical (unpaired) electrons. The van der Waals surface area contributed by atoms with Crippen LogP contribution in [0.15, 0.2) is 42.5 Å². The van der Waals surface area contributed by atoms with Gasteiger partial charge in [-0.2, -0.15) is 5.26 Å². The molecule has 2 rings (SSSR count). The third-order valence-corrected chi connectivity index (χ3v) is 3.91. The van der Waals surface area contributed by atoms with Crippen LogP contribution in [0.2, 0.25) is 0 Å². The summed E-state index contributed by atoms with van der Waals surface area (Å²) in [5.41, 5.74) is 1.80. The average Bonchev–Trinajstić information content (AvgIpc) is 2.66. The molecule has 0 aliphatic carbocycles. The van der Waals surface area contributed by atoms with E-state index >= 15 is 0 Å². The summed E-state index contributed by atoms with van der Waals surface area (Å²) in [6, 6.07) is 13.7. The summed E-state index contributed by atoms with van der Waals surface area (Å²) in [4.78, 5) is 11.5. The quantitative estimate of drug-likeness (QED) is 0.220. The van der Waals surface area contributed by atoms with Crippen LogP contribution >= 0.6 is 34.8 Å². The first-order chi connectivity index (χ1) is 12.8. The van der Waals surface area contributed by atoms with E-state index in [4.69, 9.17) is 49.0 Å². The maximum absolute atomic E-state index is 11.5. The molecular weight excluding hydrogens is 413 g/mol. The molecule has 5 nitrogen and oxygen atoms in total. The van der Waals surface area contributed by atoms with Gasteiger partial charge >= 0.3 is 5.97 Å². The second kappa shape index (κ2) is 9.01. The van der Waals surface area contributed by atoms with Crippen LogP contribution in [-0.4, -0.2) is 24.0 Å². The van der Waals surface area contributed by atoms with Crippen LogP contribution in [0.25, 0.3) is 11.6 Å². The van der Waals surface area contributed by atoms with Crippen LogP contribution in [0.4, 0.5) is 0 Å². The minimum Gasteiger partial charge on any atom is -0.493 e. The summed E-state index contributed by atoms with van der Waals surface area (Å²) in [7, 11) is 3.06. The first-order valence-corrected chi connectivity index (χ1v) is 8.65.